The second-order valence-electron chi connectivity index (χ2n) is 5.67. The fraction of sp³-hybridized carbons (Fsp3) is 0.211. The third-order valence-electron chi connectivity index (χ3n) is 4.02. The van der Waals surface area contributed by atoms with Crippen LogP contribution in [0.3, 0.4) is 0 Å². The van der Waals surface area contributed by atoms with Gasteiger partial charge in [0, 0.05) is 28.9 Å². The molecule has 3 rings (SSSR count). The average Bonchev–Trinajstić information content (AvgIpc) is 2.95. The maximum Gasteiger partial charge on any atom is 0.0648 e. The van der Waals surface area contributed by atoms with Gasteiger partial charge in [0.15, 0.2) is 0 Å². The molecule has 2 aromatic carbocycles. The van der Waals surface area contributed by atoms with Gasteiger partial charge in [-0.2, -0.15) is 5.10 Å². The summed E-state index contributed by atoms with van der Waals surface area (Å²) in [5.74, 6) is 0. The molecule has 0 amide bonds. The van der Waals surface area contributed by atoms with E-state index in [2.05, 4.69) is 42.5 Å². The molecule has 3 nitrogen and oxygen atoms in total. The van der Waals surface area contributed by atoms with Crippen LogP contribution in [0.2, 0.25) is 5.02 Å². The van der Waals surface area contributed by atoms with Crippen LogP contribution >= 0.6 is 11.6 Å². The van der Waals surface area contributed by atoms with E-state index in [0.717, 1.165) is 22.9 Å². The lowest BCUT2D eigenvalue weighted by Crippen LogP contribution is -2.18. The molecule has 1 N–H and O–H groups in total. The Morgan fingerprint density at radius 3 is 2.65 bits per heavy atom. The van der Waals surface area contributed by atoms with Crippen LogP contribution in [0.1, 0.15) is 29.8 Å². The second-order valence-corrected chi connectivity index (χ2v) is 6.10. The summed E-state index contributed by atoms with van der Waals surface area (Å²) in [5, 5.41) is 8.84. The molecule has 0 aliphatic heterocycles. The summed E-state index contributed by atoms with van der Waals surface area (Å²) >= 11 is 6.03. The summed E-state index contributed by atoms with van der Waals surface area (Å²) in [7, 11) is 0. The number of nitrogens with zero attached hydrogens (tertiary/aromatic N) is 2. The minimum atomic E-state index is 0.214. The van der Waals surface area contributed by atoms with Crippen molar-refractivity contribution in [3.05, 3.63) is 82.6 Å². The lowest BCUT2D eigenvalue weighted by atomic mass is 10.1. The minimum Gasteiger partial charge on any atom is -0.306 e. The Morgan fingerprint density at radius 1 is 1.13 bits per heavy atom. The van der Waals surface area contributed by atoms with Gasteiger partial charge in [0.05, 0.1) is 11.9 Å². The number of benzene rings is 2. The van der Waals surface area contributed by atoms with E-state index in [1.807, 2.05) is 47.3 Å². The fourth-order valence-electron chi connectivity index (χ4n) is 2.70. The Hall–Kier alpha value is -2.10. The van der Waals surface area contributed by atoms with Gasteiger partial charge in [0.2, 0.25) is 0 Å². The molecule has 1 atom stereocenters. The maximum atomic E-state index is 6.03. The standard InChI is InChI=1S/C19H20ClN3/c1-14(21-12-16-7-6-8-17(20)11-16)19-13-22-23(15(19)2)18-9-4-3-5-10-18/h3-11,13-14,21H,12H2,1-2H3/t14-/m0/s1. The SMILES string of the molecule is Cc1c([C@H](C)NCc2cccc(Cl)c2)cnn1-c1ccccc1. The van der Waals surface area contributed by atoms with Crippen molar-refractivity contribution in [1.29, 1.82) is 0 Å². The first-order valence-corrected chi connectivity index (χ1v) is 8.10. The minimum absolute atomic E-state index is 0.214. The van der Waals surface area contributed by atoms with E-state index < -0.39 is 0 Å². The summed E-state index contributed by atoms with van der Waals surface area (Å²) in [6.45, 7) is 5.04. The first-order chi connectivity index (χ1) is 11.1. The summed E-state index contributed by atoms with van der Waals surface area (Å²) < 4.78 is 1.98. The van der Waals surface area contributed by atoms with Gasteiger partial charge < -0.3 is 5.32 Å². The normalized spacial score (nSPS) is 12.3. The van der Waals surface area contributed by atoms with Crippen molar-refractivity contribution in [1.82, 2.24) is 15.1 Å². The van der Waals surface area contributed by atoms with Gasteiger partial charge in [-0.1, -0.05) is 41.9 Å². The Balaban J connectivity index is 1.73. The van der Waals surface area contributed by atoms with Crippen molar-refractivity contribution in [2.45, 2.75) is 26.4 Å². The molecule has 0 radical (unpaired) electrons. The predicted molar refractivity (Wildman–Crippen MR) is 95.0 cm³/mol. The number of aromatic nitrogens is 2. The lowest BCUT2D eigenvalue weighted by Gasteiger charge is -2.14. The molecule has 0 unspecified atom stereocenters. The first-order valence-electron chi connectivity index (χ1n) is 7.73. The summed E-state index contributed by atoms with van der Waals surface area (Å²) in [6, 6.07) is 18.3. The van der Waals surface area contributed by atoms with Crippen molar-refractivity contribution in [3.8, 4) is 5.69 Å². The highest BCUT2D eigenvalue weighted by molar-refractivity contribution is 6.30. The van der Waals surface area contributed by atoms with Gasteiger partial charge in [-0.25, -0.2) is 4.68 Å². The number of hydrogen-bond acceptors (Lipinski definition) is 2. The van der Waals surface area contributed by atoms with Crippen molar-refractivity contribution in [2.75, 3.05) is 0 Å². The largest absolute Gasteiger partial charge is 0.306 e. The molecule has 0 saturated carbocycles. The number of halogens is 1. The van der Waals surface area contributed by atoms with Gasteiger partial charge in [-0.15, -0.1) is 0 Å². The Kier molecular flexibility index (Phi) is 4.79. The molecule has 118 valence electrons. The molecule has 0 saturated heterocycles. The highest BCUT2D eigenvalue weighted by atomic mass is 35.5. The van der Waals surface area contributed by atoms with Crippen molar-refractivity contribution in [2.24, 2.45) is 0 Å². The molecule has 23 heavy (non-hydrogen) atoms. The third-order valence-corrected chi connectivity index (χ3v) is 4.25. The maximum absolute atomic E-state index is 6.03. The van der Waals surface area contributed by atoms with Crippen molar-refractivity contribution >= 4 is 11.6 Å². The van der Waals surface area contributed by atoms with E-state index in [1.54, 1.807) is 0 Å². The van der Waals surface area contributed by atoms with Crippen LogP contribution in [0, 0.1) is 6.92 Å². The number of para-hydroxylation sites is 1. The second kappa shape index (κ2) is 6.99. The Bertz CT molecular complexity index is 780. The third kappa shape index (κ3) is 3.63. The summed E-state index contributed by atoms with van der Waals surface area (Å²) in [4.78, 5) is 0. The van der Waals surface area contributed by atoms with Gasteiger partial charge >= 0.3 is 0 Å². The lowest BCUT2D eigenvalue weighted by molar-refractivity contribution is 0.571. The van der Waals surface area contributed by atoms with E-state index >= 15 is 0 Å². The van der Waals surface area contributed by atoms with Gasteiger partial charge in [0.1, 0.15) is 0 Å². The predicted octanol–water partition coefficient (Wildman–Crippen LogP) is 4.68. The molecule has 1 aromatic heterocycles. The summed E-state index contributed by atoms with van der Waals surface area (Å²) in [6.07, 6.45) is 1.94. The number of rotatable bonds is 5. The molecule has 3 aromatic rings. The van der Waals surface area contributed by atoms with Gasteiger partial charge in [-0.3, -0.25) is 0 Å². The topological polar surface area (TPSA) is 29.9 Å². The van der Waals surface area contributed by atoms with Crippen LogP contribution < -0.4 is 5.32 Å². The average molecular weight is 326 g/mol. The molecule has 0 aliphatic rings. The van der Waals surface area contributed by atoms with E-state index in [9.17, 15) is 0 Å². The molecule has 1 heterocycles. The monoisotopic (exact) mass is 325 g/mol. The van der Waals surface area contributed by atoms with E-state index in [4.69, 9.17) is 11.6 Å². The van der Waals surface area contributed by atoms with Crippen molar-refractivity contribution in [3.63, 3.8) is 0 Å². The highest BCUT2D eigenvalue weighted by Gasteiger charge is 2.13. The smallest absolute Gasteiger partial charge is 0.0648 e. The van der Waals surface area contributed by atoms with Crippen molar-refractivity contribution < 1.29 is 0 Å². The van der Waals surface area contributed by atoms with E-state index in [1.165, 1.54) is 11.1 Å². The molecular formula is C19H20ClN3. The van der Waals surface area contributed by atoms with Crippen LogP contribution in [0.4, 0.5) is 0 Å². The number of nitrogens with one attached hydrogen (secondary N) is 1. The fourth-order valence-corrected chi connectivity index (χ4v) is 2.92. The zero-order chi connectivity index (χ0) is 16.2. The zero-order valence-corrected chi connectivity index (χ0v) is 14.1. The van der Waals surface area contributed by atoms with Gasteiger partial charge in [0.25, 0.3) is 0 Å². The molecule has 0 bridgehead atoms. The van der Waals surface area contributed by atoms with Crippen LogP contribution in [0.25, 0.3) is 5.69 Å². The highest BCUT2D eigenvalue weighted by Crippen LogP contribution is 2.20. The van der Waals surface area contributed by atoms with Crippen LogP contribution in [0.15, 0.2) is 60.8 Å². The quantitative estimate of drug-likeness (QED) is 0.737. The van der Waals surface area contributed by atoms with Crippen LogP contribution in [0.5, 0.6) is 0 Å². The molecule has 4 heteroatoms. The van der Waals surface area contributed by atoms with E-state index in [-0.39, 0.29) is 6.04 Å². The Labute approximate surface area is 141 Å². The molecule has 0 spiro atoms. The summed E-state index contributed by atoms with van der Waals surface area (Å²) in [5.41, 5.74) is 4.62. The van der Waals surface area contributed by atoms with Crippen LogP contribution in [-0.2, 0) is 6.54 Å². The number of hydrogen-bond donors (Lipinski definition) is 1. The molecule has 0 fully saturated rings. The first kappa shape index (κ1) is 15.8. The molecule has 0 aliphatic carbocycles. The Morgan fingerprint density at radius 2 is 1.91 bits per heavy atom. The zero-order valence-electron chi connectivity index (χ0n) is 13.3. The molecular weight excluding hydrogens is 306 g/mol. The van der Waals surface area contributed by atoms with E-state index in [0.29, 0.717) is 0 Å². The van der Waals surface area contributed by atoms with Crippen LogP contribution in [-0.4, -0.2) is 9.78 Å². The van der Waals surface area contributed by atoms with Gasteiger partial charge in [-0.05, 0) is 43.7 Å².